The average molecular weight is 416 g/mol. The highest BCUT2D eigenvalue weighted by atomic mass is 16.5. The summed E-state index contributed by atoms with van der Waals surface area (Å²) in [6, 6.07) is 7.82. The summed E-state index contributed by atoms with van der Waals surface area (Å²) in [7, 11) is 0. The molecule has 7 nitrogen and oxygen atoms in total. The van der Waals surface area contributed by atoms with Gasteiger partial charge in [-0.25, -0.2) is 9.69 Å². The number of benzene rings is 1. The highest BCUT2D eigenvalue weighted by Crippen LogP contribution is 2.21. The number of urea groups is 1. The van der Waals surface area contributed by atoms with E-state index in [1.807, 2.05) is 0 Å². The lowest BCUT2D eigenvalue weighted by molar-refractivity contribution is -0.131. The van der Waals surface area contributed by atoms with E-state index in [-0.39, 0.29) is 0 Å². The number of nitrogens with zero attached hydrogens (tertiary/aromatic N) is 2. The molecule has 0 saturated carbocycles. The second-order valence-corrected chi connectivity index (χ2v) is 7.60. The largest absolute Gasteiger partial charge is 0.381 e. The van der Waals surface area contributed by atoms with Gasteiger partial charge in [0.25, 0.3) is 5.91 Å². The number of ether oxygens (including phenoxy) is 1. The third-order valence-corrected chi connectivity index (χ3v) is 5.30. The molecule has 1 aromatic rings. The molecule has 2 atom stereocenters. The summed E-state index contributed by atoms with van der Waals surface area (Å²) in [6.45, 7) is 7.86. The molecule has 4 amide bonds. The van der Waals surface area contributed by atoms with E-state index in [4.69, 9.17) is 4.74 Å². The minimum atomic E-state index is -1.10. The van der Waals surface area contributed by atoms with Crippen LogP contribution in [0.5, 0.6) is 0 Å². The molecule has 1 heterocycles. The Bertz CT molecular complexity index is 748. The normalized spacial score (nSPS) is 18.5. The van der Waals surface area contributed by atoms with Crippen molar-refractivity contribution in [3.8, 4) is 0 Å². The molecule has 1 fully saturated rings. The fraction of sp³-hybridized carbons (Fsp3) is 0.565. The average Bonchev–Trinajstić information content (AvgIpc) is 2.73. The van der Waals surface area contributed by atoms with Gasteiger partial charge in [0.05, 0.1) is 5.69 Å². The Kier molecular flexibility index (Phi) is 9.67. The number of imide groups is 2. The number of rotatable bonds is 12. The van der Waals surface area contributed by atoms with Crippen molar-refractivity contribution >= 4 is 29.2 Å². The molecule has 0 bridgehead atoms. The highest BCUT2D eigenvalue weighted by molar-refractivity contribution is 6.35. The predicted molar refractivity (Wildman–Crippen MR) is 118 cm³/mol. The number of nitrogens with one attached hydrogen (secondary N) is 1. The Labute approximate surface area is 178 Å². The van der Waals surface area contributed by atoms with Gasteiger partial charge in [-0.15, -0.1) is 0 Å². The molecule has 0 aromatic heterocycles. The second kappa shape index (κ2) is 12.2. The summed E-state index contributed by atoms with van der Waals surface area (Å²) in [4.78, 5) is 42.7. The molecule has 1 aliphatic heterocycles. The van der Waals surface area contributed by atoms with Crippen LogP contribution in [0.4, 0.5) is 10.5 Å². The van der Waals surface area contributed by atoms with E-state index in [0.29, 0.717) is 36.9 Å². The Morgan fingerprint density at radius 3 is 2.57 bits per heavy atom. The highest BCUT2D eigenvalue weighted by Gasteiger charge is 2.42. The molecular formula is C23H33N3O4. The van der Waals surface area contributed by atoms with Gasteiger partial charge >= 0.3 is 6.03 Å². The van der Waals surface area contributed by atoms with Gasteiger partial charge in [-0.3, -0.25) is 19.9 Å². The molecule has 1 aromatic carbocycles. The summed E-state index contributed by atoms with van der Waals surface area (Å²) in [5.41, 5.74) is 0.826. The Hall–Kier alpha value is -2.54. The molecule has 1 saturated heterocycles. The number of carbonyl (C=O) groups excluding carboxylic acids is 3. The summed E-state index contributed by atoms with van der Waals surface area (Å²) in [5.74, 6) is -1.70. The maximum absolute atomic E-state index is 12.9. The van der Waals surface area contributed by atoms with Gasteiger partial charge < -0.3 is 4.74 Å². The van der Waals surface area contributed by atoms with Gasteiger partial charge in [0, 0.05) is 25.5 Å². The topological polar surface area (TPSA) is 88.1 Å². The third kappa shape index (κ3) is 6.49. The SMILES string of the molecule is CCCC[C@@H](CC)COCCCN=C(C)C1C(=O)NC(=O)N(c2ccccc2)C1=O. The van der Waals surface area contributed by atoms with Crippen molar-refractivity contribution < 1.29 is 19.1 Å². The number of aliphatic imine (C=N–C) groups is 1. The first kappa shape index (κ1) is 23.7. The lowest BCUT2D eigenvalue weighted by Crippen LogP contribution is -2.60. The summed E-state index contributed by atoms with van der Waals surface area (Å²) in [5, 5.41) is 2.26. The maximum atomic E-state index is 12.9. The van der Waals surface area contributed by atoms with E-state index in [1.54, 1.807) is 37.3 Å². The van der Waals surface area contributed by atoms with E-state index in [2.05, 4.69) is 24.2 Å². The number of anilines is 1. The Balaban J connectivity index is 1.88. The van der Waals surface area contributed by atoms with Crippen LogP contribution in [0.2, 0.25) is 0 Å². The van der Waals surface area contributed by atoms with Gasteiger partial charge in [-0.2, -0.15) is 0 Å². The van der Waals surface area contributed by atoms with Crippen molar-refractivity contribution in [2.24, 2.45) is 16.8 Å². The number of amides is 4. The number of hydrogen-bond donors (Lipinski definition) is 1. The molecule has 1 unspecified atom stereocenters. The first-order valence-corrected chi connectivity index (χ1v) is 10.8. The molecule has 0 aliphatic carbocycles. The third-order valence-electron chi connectivity index (χ3n) is 5.30. The zero-order valence-corrected chi connectivity index (χ0v) is 18.2. The number of carbonyl (C=O) groups is 3. The fourth-order valence-electron chi connectivity index (χ4n) is 3.43. The number of para-hydroxylation sites is 1. The summed E-state index contributed by atoms with van der Waals surface area (Å²) >= 11 is 0. The van der Waals surface area contributed by atoms with Crippen LogP contribution in [0.1, 0.15) is 52.9 Å². The van der Waals surface area contributed by atoms with Crippen LogP contribution in [-0.2, 0) is 14.3 Å². The van der Waals surface area contributed by atoms with Gasteiger partial charge in [-0.05, 0) is 37.8 Å². The molecule has 1 N–H and O–H groups in total. The van der Waals surface area contributed by atoms with E-state index < -0.39 is 23.8 Å². The van der Waals surface area contributed by atoms with Crippen molar-refractivity contribution in [2.75, 3.05) is 24.7 Å². The minimum absolute atomic E-state index is 0.403. The van der Waals surface area contributed by atoms with Gasteiger partial charge in [0.2, 0.25) is 5.91 Å². The fourth-order valence-corrected chi connectivity index (χ4v) is 3.43. The first-order valence-electron chi connectivity index (χ1n) is 10.8. The maximum Gasteiger partial charge on any atom is 0.335 e. The molecule has 1 aliphatic rings. The molecule has 7 heteroatoms. The summed E-state index contributed by atoms with van der Waals surface area (Å²) in [6.07, 6.45) is 5.45. The number of hydrogen-bond acceptors (Lipinski definition) is 5. The van der Waals surface area contributed by atoms with Crippen LogP contribution in [-0.4, -0.2) is 43.3 Å². The van der Waals surface area contributed by atoms with E-state index in [9.17, 15) is 14.4 Å². The van der Waals surface area contributed by atoms with Crippen LogP contribution in [0.15, 0.2) is 35.3 Å². The zero-order chi connectivity index (χ0) is 21.9. The van der Waals surface area contributed by atoms with Crippen molar-refractivity contribution in [2.45, 2.75) is 52.9 Å². The van der Waals surface area contributed by atoms with Crippen molar-refractivity contribution in [3.63, 3.8) is 0 Å². The number of barbiturate groups is 1. The van der Waals surface area contributed by atoms with Gasteiger partial charge in [0.15, 0.2) is 5.92 Å². The van der Waals surface area contributed by atoms with E-state index in [1.165, 1.54) is 19.3 Å². The molecular weight excluding hydrogens is 382 g/mol. The van der Waals surface area contributed by atoms with Crippen LogP contribution in [0, 0.1) is 11.8 Å². The molecule has 30 heavy (non-hydrogen) atoms. The lowest BCUT2D eigenvalue weighted by atomic mass is 9.99. The predicted octanol–water partition coefficient (Wildman–Crippen LogP) is 3.97. The second-order valence-electron chi connectivity index (χ2n) is 7.60. The summed E-state index contributed by atoms with van der Waals surface area (Å²) < 4.78 is 5.77. The van der Waals surface area contributed by atoms with E-state index in [0.717, 1.165) is 17.9 Å². The van der Waals surface area contributed by atoms with Crippen molar-refractivity contribution in [1.82, 2.24) is 5.32 Å². The molecule has 164 valence electrons. The van der Waals surface area contributed by atoms with Crippen LogP contribution < -0.4 is 10.2 Å². The van der Waals surface area contributed by atoms with Crippen molar-refractivity contribution in [1.29, 1.82) is 0 Å². The van der Waals surface area contributed by atoms with E-state index >= 15 is 0 Å². The molecule has 0 radical (unpaired) electrons. The Morgan fingerprint density at radius 2 is 1.90 bits per heavy atom. The van der Waals surface area contributed by atoms with Gasteiger partial charge in [-0.1, -0.05) is 51.3 Å². The molecule has 2 rings (SSSR count). The van der Waals surface area contributed by atoms with Crippen LogP contribution >= 0.6 is 0 Å². The first-order chi connectivity index (χ1) is 14.5. The lowest BCUT2D eigenvalue weighted by Gasteiger charge is -2.30. The minimum Gasteiger partial charge on any atom is -0.381 e. The number of unbranched alkanes of at least 4 members (excludes halogenated alkanes) is 1. The van der Waals surface area contributed by atoms with Crippen molar-refractivity contribution in [3.05, 3.63) is 30.3 Å². The van der Waals surface area contributed by atoms with Crippen LogP contribution in [0.25, 0.3) is 0 Å². The smallest absolute Gasteiger partial charge is 0.335 e. The van der Waals surface area contributed by atoms with Crippen LogP contribution in [0.3, 0.4) is 0 Å². The standard InChI is InChI=1S/C23H33N3O4/c1-4-6-11-18(5-2)16-30-15-10-14-24-17(3)20-21(27)25-23(29)26(22(20)28)19-12-8-7-9-13-19/h7-9,12-13,18,20H,4-6,10-11,14-16H2,1-3H3,(H,25,27,29)/t18-,20?/m1/s1. The quantitative estimate of drug-likeness (QED) is 0.318. The Morgan fingerprint density at radius 1 is 1.17 bits per heavy atom. The molecule has 0 spiro atoms. The monoisotopic (exact) mass is 415 g/mol. The van der Waals surface area contributed by atoms with Gasteiger partial charge in [0.1, 0.15) is 0 Å². The zero-order valence-electron chi connectivity index (χ0n) is 18.2.